The molecule has 0 saturated carbocycles. The molecule has 1 N–H and O–H groups in total. The van der Waals surface area contributed by atoms with Crippen molar-refractivity contribution >= 4 is 27.3 Å². The monoisotopic (exact) mass is 333 g/mol. The van der Waals surface area contributed by atoms with Crippen LogP contribution in [-0.2, 0) is 10.0 Å². The normalized spacial score (nSPS) is 20.2. The summed E-state index contributed by atoms with van der Waals surface area (Å²) in [5, 5.41) is 9.03. The van der Waals surface area contributed by atoms with Gasteiger partial charge >= 0.3 is 5.97 Å². The summed E-state index contributed by atoms with van der Waals surface area (Å²) in [5.74, 6) is -1.31. The highest BCUT2D eigenvalue weighted by molar-refractivity contribution is 7.91. The minimum Gasteiger partial charge on any atom is -0.476 e. The number of carbonyl (C=O) groups is 1. The maximum absolute atomic E-state index is 12.6. The number of rotatable bonds is 6. The number of hydrogen-bond donors (Lipinski definition) is 1. The van der Waals surface area contributed by atoms with Crippen LogP contribution in [0.15, 0.2) is 9.72 Å². The van der Waals surface area contributed by atoms with E-state index in [1.807, 2.05) is 13.8 Å². The van der Waals surface area contributed by atoms with E-state index in [2.05, 4.69) is 9.88 Å². The number of thiazole rings is 1. The summed E-state index contributed by atoms with van der Waals surface area (Å²) >= 11 is 0.858. The zero-order chi connectivity index (χ0) is 15.6. The van der Waals surface area contributed by atoms with Crippen LogP contribution in [0.1, 0.15) is 30.8 Å². The van der Waals surface area contributed by atoms with Crippen molar-refractivity contribution in [3.8, 4) is 0 Å². The molecule has 0 aromatic carbocycles. The molecule has 1 fully saturated rings. The van der Waals surface area contributed by atoms with Crippen molar-refractivity contribution in [3.05, 3.63) is 11.2 Å². The first-order valence-electron chi connectivity index (χ1n) is 6.82. The Bertz CT molecular complexity index is 610. The smallest absolute Gasteiger partial charge is 0.356 e. The van der Waals surface area contributed by atoms with E-state index in [9.17, 15) is 13.2 Å². The molecule has 9 heteroatoms. The summed E-state index contributed by atoms with van der Waals surface area (Å²) in [6, 6.07) is 0.191. The quantitative estimate of drug-likeness (QED) is 0.833. The van der Waals surface area contributed by atoms with Gasteiger partial charge in [0.15, 0.2) is 9.90 Å². The van der Waals surface area contributed by atoms with Crippen molar-refractivity contribution in [2.24, 2.45) is 0 Å². The van der Waals surface area contributed by atoms with Crippen LogP contribution in [0.5, 0.6) is 0 Å². The molecule has 7 nitrogen and oxygen atoms in total. The summed E-state index contributed by atoms with van der Waals surface area (Å²) < 4.78 is 26.4. The fourth-order valence-electron chi connectivity index (χ4n) is 2.65. The van der Waals surface area contributed by atoms with Gasteiger partial charge in [-0.3, -0.25) is 4.90 Å². The Balaban J connectivity index is 2.22. The van der Waals surface area contributed by atoms with Gasteiger partial charge in [-0.1, -0.05) is 13.8 Å². The number of carboxylic acids is 1. The second-order valence-electron chi connectivity index (χ2n) is 4.82. The van der Waals surface area contributed by atoms with Gasteiger partial charge < -0.3 is 5.11 Å². The van der Waals surface area contributed by atoms with Gasteiger partial charge in [0.05, 0.1) is 5.51 Å². The Hall–Kier alpha value is -1.03. The first-order chi connectivity index (χ1) is 9.91. The maximum Gasteiger partial charge on any atom is 0.356 e. The number of aromatic carboxylic acids is 1. The molecule has 0 bridgehead atoms. The van der Waals surface area contributed by atoms with Crippen LogP contribution in [0.2, 0.25) is 0 Å². The third-order valence-corrected chi connectivity index (χ3v) is 6.98. The van der Waals surface area contributed by atoms with Gasteiger partial charge in [0, 0.05) is 19.1 Å². The van der Waals surface area contributed by atoms with Gasteiger partial charge in [-0.05, 0) is 19.5 Å². The standard InChI is InChI=1S/C12H19N3O4S2/c1-3-14(4-2)9-5-6-15(7-9)21(18,19)12-10(11(16)17)13-8-20-12/h8-9H,3-7H2,1-2H3,(H,16,17). The number of carboxylic acid groups (broad SMARTS) is 1. The number of likely N-dealkylation sites (N-methyl/N-ethyl adjacent to an activating group) is 1. The molecule has 2 rings (SSSR count). The van der Waals surface area contributed by atoms with Crippen molar-refractivity contribution < 1.29 is 18.3 Å². The molecule has 1 saturated heterocycles. The second-order valence-corrected chi connectivity index (χ2v) is 7.81. The Morgan fingerprint density at radius 1 is 1.52 bits per heavy atom. The fraction of sp³-hybridized carbons (Fsp3) is 0.667. The maximum atomic E-state index is 12.6. The summed E-state index contributed by atoms with van der Waals surface area (Å²) in [6.45, 7) is 6.66. The lowest BCUT2D eigenvalue weighted by Crippen LogP contribution is -2.38. The van der Waals surface area contributed by atoms with E-state index in [0.29, 0.717) is 13.1 Å². The Morgan fingerprint density at radius 2 is 2.19 bits per heavy atom. The molecule has 0 amide bonds. The third-order valence-electron chi connectivity index (χ3n) is 3.77. The number of nitrogens with zero attached hydrogens (tertiary/aromatic N) is 3. The highest BCUT2D eigenvalue weighted by atomic mass is 32.2. The molecule has 21 heavy (non-hydrogen) atoms. The topological polar surface area (TPSA) is 90.8 Å². The summed E-state index contributed by atoms with van der Waals surface area (Å²) in [7, 11) is -3.77. The fourth-order valence-corrected chi connectivity index (χ4v) is 5.42. The molecule has 1 aromatic heterocycles. The minimum atomic E-state index is -3.77. The van der Waals surface area contributed by atoms with Crippen LogP contribution < -0.4 is 0 Å². The predicted molar refractivity (Wildman–Crippen MR) is 79.2 cm³/mol. The van der Waals surface area contributed by atoms with Gasteiger partial charge in [0.1, 0.15) is 0 Å². The Morgan fingerprint density at radius 3 is 2.76 bits per heavy atom. The van der Waals surface area contributed by atoms with Crippen molar-refractivity contribution in [2.45, 2.75) is 30.5 Å². The number of aromatic nitrogens is 1. The molecule has 0 spiro atoms. The van der Waals surface area contributed by atoms with E-state index in [1.165, 1.54) is 9.82 Å². The highest BCUT2D eigenvalue weighted by Gasteiger charge is 2.37. The number of sulfonamides is 1. The molecule has 0 radical (unpaired) electrons. The van der Waals surface area contributed by atoms with Crippen molar-refractivity contribution in [1.82, 2.24) is 14.2 Å². The first kappa shape index (κ1) is 16.3. The Labute approximate surface area is 128 Å². The van der Waals surface area contributed by atoms with Crippen LogP contribution in [0, 0.1) is 0 Å². The molecule has 0 aliphatic carbocycles. The van der Waals surface area contributed by atoms with E-state index >= 15 is 0 Å². The van der Waals surface area contributed by atoms with Crippen LogP contribution in [0.3, 0.4) is 0 Å². The van der Waals surface area contributed by atoms with Gasteiger partial charge in [-0.15, -0.1) is 11.3 Å². The predicted octanol–water partition coefficient (Wildman–Crippen LogP) is 0.946. The molecule has 1 aliphatic heterocycles. The van der Waals surface area contributed by atoms with E-state index in [-0.39, 0.29) is 15.9 Å². The van der Waals surface area contributed by atoms with Crippen LogP contribution in [0.4, 0.5) is 0 Å². The van der Waals surface area contributed by atoms with Crippen molar-refractivity contribution in [3.63, 3.8) is 0 Å². The third kappa shape index (κ3) is 3.10. The molecular weight excluding hydrogens is 314 g/mol. The molecular formula is C12H19N3O4S2. The molecule has 118 valence electrons. The SMILES string of the molecule is CCN(CC)C1CCN(S(=O)(=O)c2scnc2C(=O)O)C1. The molecule has 1 aliphatic rings. The minimum absolute atomic E-state index is 0.171. The average Bonchev–Trinajstić information content (AvgIpc) is 3.09. The zero-order valence-electron chi connectivity index (χ0n) is 12.0. The van der Waals surface area contributed by atoms with Crippen LogP contribution in [-0.4, -0.2) is 65.9 Å². The Kier molecular flexibility index (Phi) is 4.97. The molecule has 1 atom stereocenters. The molecule has 1 aromatic rings. The van der Waals surface area contributed by atoms with Gasteiger partial charge in [-0.2, -0.15) is 4.31 Å². The van der Waals surface area contributed by atoms with E-state index in [0.717, 1.165) is 30.8 Å². The summed E-state index contributed by atoms with van der Waals surface area (Å²) in [4.78, 5) is 16.9. The summed E-state index contributed by atoms with van der Waals surface area (Å²) in [5.41, 5.74) is 0.875. The second kappa shape index (κ2) is 6.39. The molecule has 2 heterocycles. The van der Waals surface area contributed by atoms with Crippen LogP contribution in [0.25, 0.3) is 0 Å². The van der Waals surface area contributed by atoms with Crippen molar-refractivity contribution in [2.75, 3.05) is 26.2 Å². The largest absolute Gasteiger partial charge is 0.476 e. The van der Waals surface area contributed by atoms with Gasteiger partial charge in [0.25, 0.3) is 10.0 Å². The van der Waals surface area contributed by atoms with Crippen molar-refractivity contribution in [1.29, 1.82) is 0 Å². The van der Waals surface area contributed by atoms with E-state index < -0.39 is 16.0 Å². The number of hydrogen-bond acceptors (Lipinski definition) is 6. The van der Waals surface area contributed by atoms with E-state index in [1.54, 1.807) is 0 Å². The van der Waals surface area contributed by atoms with Crippen LogP contribution >= 0.6 is 11.3 Å². The zero-order valence-corrected chi connectivity index (χ0v) is 13.7. The van der Waals surface area contributed by atoms with Gasteiger partial charge in [0.2, 0.25) is 0 Å². The average molecular weight is 333 g/mol. The first-order valence-corrected chi connectivity index (χ1v) is 9.14. The lowest BCUT2D eigenvalue weighted by molar-refractivity contribution is 0.0687. The highest BCUT2D eigenvalue weighted by Crippen LogP contribution is 2.28. The summed E-state index contributed by atoms with van der Waals surface area (Å²) in [6.07, 6.45) is 0.766. The molecule has 1 unspecified atom stereocenters. The van der Waals surface area contributed by atoms with E-state index in [4.69, 9.17) is 5.11 Å². The lowest BCUT2D eigenvalue weighted by atomic mass is 10.2. The lowest BCUT2D eigenvalue weighted by Gasteiger charge is -2.25. The van der Waals surface area contributed by atoms with Gasteiger partial charge in [-0.25, -0.2) is 18.2 Å².